The van der Waals surface area contributed by atoms with Crippen molar-refractivity contribution in [1.29, 1.82) is 0 Å². The van der Waals surface area contributed by atoms with Crippen LogP contribution in [0, 0.1) is 5.41 Å². The molecule has 4 fully saturated rings. The monoisotopic (exact) mass is 526 g/mol. The number of carbonyl (C=O) groups excluding carboxylic acids is 3. The molecule has 0 bridgehead atoms. The minimum absolute atomic E-state index is 0.0129. The van der Waals surface area contributed by atoms with Crippen molar-refractivity contribution in [3.8, 4) is 0 Å². The molecule has 38 heavy (non-hydrogen) atoms. The molecule has 1 saturated carbocycles. The molecule has 1 aromatic carbocycles. The number of fused-ring (bicyclic) bond motifs is 1. The van der Waals surface area contributed by atoms with Crippen LogP contribution in [-0.2, 0) is 19.1 Å². The maximum Gasteiger partial charge on any atom is 0.251 e. The fourth-order valence-corrected chi connectivity index (χ4v) is 6.06. The topological polar surface area (TPSA) is 91.4 Å². The van der Waals surface area contributed by atoms with Crippen LogP contribution in [0.25, 0.3) is 0 Å². The average molecular weight is 527 g/mol. The van der Waals surface area contributed by atoms with Gasteiger partial charge in [-0.1, -0.05) is 20.8 Å². The second kappa shape index (κ2) is 10.9. The van der Waals surface area contributed by atoms with E-state index < -0.39 is 18.2 Å². The molecular weight excluding hydrogens is 484 g/mol. The number of amides is 2. The molecule has 1 N–H and O–H groups in total. The number of rotatable bonds is 8. The van der Waals surface area contributed by atoms with Crippen LogP contribution >= 0.6 is 0 Å². The van der Waals surface area contributed by atoms with Gasteiger partial charge in [0.2, 0.25) is 5.91 Å². The number of nitrogens with one attached hydrogen (secondary N) is 1. The van der Waals surface area contributed by atoms with Crippen LogP contribution in [0.1, 0.15) is 57.3 Å². The number of hydrogen-bond donors (Lipinski definition) is 1. The van der Waals surface area contributed by atoms with Crippen molar-refractivity contribution in [1.82, 2.24) is 15.1 Å². The van der Waals surface area contributed by atoms with Crippen LogP contribution in [0.15, 0.2) is 24.3 Å². The van der Waals surface area contributed by atoms with Gasteiger partial charge in [-0.05, 0) is 55.9 Å². The Balaban J connectivity index is 1.26. The van der Waals surface area contributed by atoms with E-state index in [-0.39, 0.29) is 42.3 Å². The van der Waals surface area contributed by atoms with Crippen molar-refractivity contribution in [2.75, 3.05) is 50.8 Å². The zero-order valence-corrected chi connectivity index (χ0v) is 23.2. The van der Waals surface area contributed by atoms with Gasteiger partial charge in [-0.2, -0.15) is 0 Å². The molecule has 9 nitrogen and oxygen atoms in total. The van der Waals surface area contributed by atoms with Gasteiger partial charge in [0.05, 0.1) is 6.54 Å². The fraction of sp³-hybridized carbons (Fsp3) is 0.690. The highest BCUT2D eigenvalue weighted by molar-refractivity contribution is 5.99. The zero-order valence-electron chi connectivity index (χ0n) is 23.2. The van der Waals surface area contributed by atoms with Crippen molar-refractivity contribution in [2.24, 2.45) is 5.41 Å². The Kier molecular flexibility index (Phi) is 7.80. The largest absolute Gasteiger partial charge is 0.374 e. The zero-order chi connectivity index (χ0) is 27.0. The molecule has 0 aromatic heterocycles. The summed E-state index contributed by atoms with van der Waals surface area (Å²) in [6.07, 6.45) is 2.32. The third-order valence-electron chi connectivity index (χ3n) is 8.09. The van der Waals surface area contributed by atoms with Gasteiger partial charge in [-0.3, -0.25) is 19.3 Å². The number of ether oxygens (including phenoxy) is 2. The predicted molar refractivity (Wildman–Crippen MR) is 144 cm³/mol. The number of likely N-dealkylation sites (tertiary alicyclic amines) is 1. The molecule has 4 atom stereocenters. The standard InChI is InChI=1S/C29H42N4O5/c1-5-37-24-17-33(25-23(34)18-38-26(24)25)28(36)22(16-29(2,3)4)30-27(35)19-6-8-20(9-7-19)31-12-14-32(15-13-31)21-10-11-21/h6-9,21-22,24-26H,5,10-18H2,1-4H3,(H,30,35)/t22?,24-,25+,26+/m0/s1. The van der Waals surface area contributed by atoms with Crippen LogP contribution in [0.2, 0.25) is 0 Å². The van der Waals surface area contributed by atoms with E-state index in [4.69, 9.17) is 9.47 Å². The molecule has 2 amide bonds. The van der Waals surface area contributed by atoms with E-state index in [1.54, 1.807) is 4.90 Å². The smallest absolute Gasteiger partial charge is 0.251 e. The van der Waals surface area contributed by atoms with Gasteiger partial charge in [-0.25, -0.2) is 0 Å². The van der Waals surface area contributed by atoms with Gasteiger partial charge < -0.3 is 24.6 Å². The van der Waals surface area contributed by atoms with Crippen molar-refractivity contribution in [3.05, 3.63) is 29.8 Å². The second-order valence-electron chi connectivity index (χ2n) is 12.3. The molecule has 1 aliphatic carbocycles. The summed E-state index contributed by atoms with van der Waals surface area (Å²) in [5.74, 6) is -0.654. The molecule has 4 aliphatic rings. The van der Waals surface area contributed by atoms with E-state index in [0.717, 1.165) is 37.9 Å². The molecular formula is C29H42N4O5. The summed E-state index contributed by atoms with van der Waals surface area (Å²) in [6.45, 7) is 12.9. The van der Waals surface area contributed by atoms with E-state index in [1.807, 2.05) is 52.0 Å². The molecule has 1 unspecified atom stereocenters. The first-order valence-corrected chi connectivity index (χ1v) is 14.1. The summed E-state index contributed by atoms with van der Waals surface area (Å²) < 4.78 is 11.5. The Morgan fingerprint density at radius 2 is 1.79 bits per heavy atom. The van der Waals surface area contributed by atoms with Crippen LogP contribution in [-0.4, -0.2) is 104 Å². The molecule has 3 heterocycles. The molecule has 9 heteroatoms. The van der Waals surface area contributed by atoms with E-state index in [0.29, 0.717) is 18.6 Å². The number of Topliss-reactive ketones (excluding diaryl/α,β-unsaturated/α-hetero) is 1. The van der Waals surface area contributed by atoms with Crippen molar-refractivity contribution < 1.29 is 23.9 Å². The molecule has 5 rings (SSSR count). The summed E-state index contributed by atoms with van der Waals surface area (Å²) in [5, 5.41) is 2.99. The second-order valence-corrected chi connectivity index (χ2v) is 12.3. The number of benzene rings is 1. The molecule has 3 aliphatic heterocycles. The Labute approximate surface area is 225 Å². The highest BCUT2D eigenvalue weighted by Crippen LogP contribution is 2.32. The SMILES string of the molecule is CCO[C@H]1CN(C(=O)C(CC(C)(C)C)NC(=O)c2ccc(N3CCN(C4CC4)CC3)cc2)[C@@H]2C(=O)CO[C@H]12. The number of anilines is 1. The van der Waals surface area contributed by atoms with Gasteiger partial charge in [0.15, 0.2) is 5.78 Å². The van der Waals surface area contributed by atoms with Crippen LogP contribution in [0.5, 0.6) is 0 Å². The number of piperazine rings is 1. The maximum atomic E-state index is 13.8. The Morgan fingerprint density at radius 1 is 1.11 bits per heavy atom. The normalized spacial score (nSPS) is 26.9. The lowest BCUT2D eigenvalue weighted by Gasteiger charge is -2.36. The number of nitrogens with zero attached hydrogens (tertiary/aromatic N) is 3. The quantitative estimate of drug-likeness (QED) is 0.555. The van der Waals surface area contributed by atoms with E-state index >= 15 is 0 Å². The van der Waals surface area contributed by atoms with Crippen molar-refractivity contribution in [3.63, 3.8) is 0 Å². The van der Waals surface area contributed by atoms with Gasteiger partial charge in [0, 0.05) is 50.1 Å². The van der Waals surface area contributed by atoms with Gasteiger partial charge in [0.25, 0.3) is 5.91 Å². The number of ketones is 1. The third-order valence-corrected chi connectivity index (χ3v) is 8.09. The van der Waals surface area contributed by atoms with Crippen LogP contribution in [0.4, 0.5) is 5.69 Å². The molecule has 0 spiro atoms. The highest BCUT2D eigenvalue weighted by atomic mass is 16.6. The number of carbonyl (C=O) groups is 3. The Morgan fingerprint density at radius 3 is 2.39 bits per heavy atom. The Hall–Kier alpha value is -2.49. The Bertz CT molecular complexity index is 1030. The van der Waals surface area contributed by atoms with E-state index in [2.05, 4.69) is 15.1 Å². The summed E-state index contributed by atoms with van der Waals surface area (Å²) in [5.41, 5.74) is 1.42. The minimum atomic E-state index is -0.757. The van der Waals surface area contributed by atoms with Gasteiger partial charge in [-0.15, -0.1) is 0 Å². The lowest BCUT2D eigenvalue weighted by atomic mass is 9.87. The van der Waals surface area contributed by atoms with Gasteiger partial charge >= 0.3 is 0 Å². The molecule has 0 radical (unpaired) electrons. The molecule has 3 saturated heterocycles. The first kappa shape index (κ1) is 27.1. The van der Waals surface area contributed by atoms with Crippen LogP contribution < -0.4 is 10.2 Å². The molecule has 1 aromatic rings. The summed E-state index contributed by atoms with van der Waals surface area (Å²) in [6, 6.07) is 7.04. The number of hydrogen-bond acceptors (Lipinski definition) is 7. The summed E-state index contributed by atoms with van der Waals surface area (Å²) >= 11 is 0. The lowest BCUT2D eigenvalue weighted by molar-refractivity contribution is -0.139. The van der Waals surface area contributed by atoms with E-state index in [1.165, 1.54) is 12.8 Å². The van der Waals surface area contributed by atoms with Crippen molar-refractivity contribution >= 4 is 23.3 Å². The summed E-state index contributed by atoms with van der Waals surface area (Å²) in [4.78, 5) is 46.3. The first-order chi connectivity index (χ1) is 18.1. The van der Waals surface area contributed by atoms with Crippen molar-refractivity contribution in [2.45, 2.75) is 77.3 Å². The highest BCUT2D eigenvalue weighted by Gasteiger charge is 2.53. The summed E-state index contributed by atoms with van der Waals surface area (Å²) in [7, 11) is 0. The third kappa shape index (κ3) is 5.90. The average Bonchev–Trinajstić information content (AvgIpc) is 3.58. The minimum Gasteiger partial charge on any atom is -0.374 e. The van der Waals surface area contributed by atoms with Gasteiger partial charge in [0.1, 0.15) is 30.9 Å². The maximum absolute atomic E-state index is 13.8. The van der Waals surface area contributed by atoms with E-state index in [9.17, 15) is 14.4 Å². The predicted octanol–water partition coefficient (Wildman–Crippen LogP) is 2.09. The fourth-order valence-electron chi connectivity index (χ4n) is 6.06. The lowest BCUT2D eigenvalue weighted by Crippen LogP contribution is -2.53. The first-order valence-electron chi connectivity index (χ1n) is 14.1. The molecule has 208 valence electrons. The van der Waals surface area contributed by atoms with Crippen LogP contribution in [0.3, 0.4) is 0 Å².